The molecule has 8 heteroatoms. The fourth-order valence-corrected chi connectivity index (χ4v) is 3.21. The summed E-state index contributed by atoms with van der Waals surface area (Å²) in [6.07, 6.45) is 0.325. The molecule has 2 aromatic carbocycles. The van der Waals surface area contributed by atoms with Gasteiger partial charge in [-0.3, -0.25) is 14.5 Å². The first-order valence-electron chi connectivity index (χ1n) is 8.32. The van der Waals surface area contributed by atoms with E-state index in [4.69, 9.17) is 11.6 Å². The molecule has 1 atom stereocenters. The third-order valence-electron chi connectivity index (χ3n) is 4.48. The molecule has 0 aromatic heterocycles. The van der Waals surface area contributed by atoms with E-state index >= 15 is 0 Å². The highest BCUT2D eigenvalue weighted by atomic mass is 35.5. The Morgan fingerprint density at radius 1 is 1.22 bits per heavy atom. The highest BCUT2D eigenvalue weighted by Crippen LogP contribution is 2.32. The van der Waals surface area contributed by atoms with Gasteiger partial charge in [0.15, 0.2) is 0 Å². The molecule has 0 bridgehead atoms. The number of hydrogen-bond donors (Lipinski definition) is 2. The SMILES string of the molecule is CC[C@@]1(c2ccccc2)NC(=O)N(CC(=O)Nc2ccc(Cl)cc2F)C1=O. The molecule has 140 valence electrons. The maximum absolute atomic E-state index is 13.8. The summed E-state index contributed by atoms with van der Waals surface area (Å²) in [5.74, 6) is -1.92. The summed E-state index contributed by atoms with van der Waals surface area (Å²) < 4.78 is 13.8. The number of amides is 4. The van der Waals surface area contributed by atoms with Crippen LogP contribution in [-0.2, 0) is 15.1 Å². The number of nitrogens with zero attached hydrogens (tertiary/aromatic N) is 1. The van der Waals surface area contributed by atoms with Crippen LogP contribution in [0.25, 0.3) is 0 Å². The lowest BCUT2D eigenvalue weighted by Crippen LogP contribution is -2.44. The molecule has 4 amide bonds. The summed E-state index contributed by atoms with van der Waals surface area (Å²) in [5.41, 5.74) is -0.664. The van der Waals surface area contributed by atoms with Gasteiger partial charge in [-0.2, -0.15) is 0 Å². The molecule has 1 heterocycles. The number of anilines is 1. The zero-order chi connectivity index (χ0) is 19.6. The number of nitrogens with one attached hydrogen (secondary N) is 2. The first-order valence-corrected chi connectivity index (χ1v) is 8.69. The zero-order valence-corrected chi connectivity index (χ0v) is 15.2. The van der Waals surface area contributed by atoms with Crippen LogP contribution >= 0.6 is 11.6 Å². The molecule has 1 aliphatic heterocycles. The minimum absolute atomic E-state index is 0.0822. The fraction of sp³-hybridized carbons (Fsp3) is 0.211. The van der Waals surface area contributed by atoms with E-state index in [-0.39, 0.29) is 10.7 Å². The minimum Gasteiger partial charge on any atom is -0.322 e. The lowest BCUT2D eigenvalue weighted by molar-refractivity contribution is -0.134. The highest BCUT2D eigenvalue weighted by Gasteiger charge is 2.51. The molecule has 1 fully saturated rings. The first kappa shape index (κ1) is 18.8. The number of halogens is 2. The monoisotopic (exact) mass is 389 g/mol. The van der Waals surface area contributed by atoms with Crippen molar-refractivity contribution in [3.05, 3.63) is 64.9 Å². The topological polar surface area (TPSA) is 78.5 Å². The van der Waals surface area contributed by atoms with Gasteiger partial charge in [0.2, 0.25) is 5.91 Å². The number of carbonyl (C=O) groups is 3. The fourth-order valence-electron chi connectivity index (χ4n) is 3.06. The van der Waals surface area contributed by atoms with Crippen LogP contribution in [0.3, 0.4) is 0 Å². The largest absolute Gasteiger partial charge is 0.325 e. The Bertz CT molecular complexity index is 906. The number of benzene rings is 2. The van der Waals surface area contributed by atoms with E-state index in [0.29, 0.717) is 12.0 Å². The normalized spacial score (nSPS) is 19.1. The Morgan fingerprint density at radius 3 is 2.56 bits per heavy atom. The summed E-state index contributed by atoms with van der Waals surface area (Å²) in [6, 6.07) is 12.0. The van der Waals surface area contributed by atoms with E-state index in [2.05, 4.69) is 10.6 Å². The third kappa shape index (κ3) is 3.50. The third-order valence-corrected chi connectivity index (χ3v) is 4.71. The van der Waals surface area contributed by atoms with Gasteiger partial charge in [-0.15, -0.1) is 0 Å². The zero-order valence-electron chi connectivity index (χ0n) is 14.5. The number of carbonyl (C=O) groups excluding carboxylic acids is 3. The van der Waals surface area contributed by atoms with Crippen molar-refractivity contribution in [1.82, 2.24) is 10.2 Å². The molecule has 0 unspecified atom stereocenters. The summed E-state index contributed by atoms with van der Waals surface area (Å²) in [7, 11) is 0. The molecule has 0 spiro atoms. The van der Waals surface area contributed by atoms with Crippen LogP contribution in [0.1, 0.15) is 18.9 Å². The van der Waals surface area contributed by atoms with Crippen LogP contribution < -0.4 is 10.6 Å². The second kappa shape index (κ2) is 7.36. The molecule has 1 aliphatic rings. The van der Waals surface area contributed by atoms with Gasteiger partial charge in [-0.05, 0) is 30.2 Å². The van der Waals surface area contributed by atoms with Crippen molar-refractivity contribution < 1.29 is 18.8 Å². The summed E-state index contributed by atoms with van der Waals surface area (Å²) in [5, 5.41) is 5.22. The smallest absolute Gasteiger partial charge is 0.322 e. The lowest BCUT2D eigenvalue weighted by atomic mass is 9.87. The Labute approximate surface area is 160 Å². The van der Waals surface area contributed by atoms with Crippen LogP contribution in [0, 0.1) is 5.82 Å². The van der Waals surface area contributed by atoms with Crippen LogP contribution in [-0.4, -0.2) is 29.3 Å². The quantitative estimate of drug-likeness (QED) is 0.770. The van der Waals surface area contributed by atoms with Crippen LogP contribution in [0.15, 0.2) is 48.5 Å². The second-order valence-corrected chi connectivity index (χ2v) is 6.56. The van der Waals surface area contributed by atoms with Crippen molar-refractivity contribution >= 4 is 35.1 Å². The summed E-state index contributed by atoms with van der Waals surface area (Å²) in [6.45, 7) is 1.25. The van der Waals surface area contributed by atoms with Gasteiger partial charge in [0.1, 0.15) is 17.9 Å². The van der Waals surface area contributed by atoms with Crippen molar-refractivity contribution in [2.75, 3.05) is 11.9 Å². The maximum atomic E-state index is 13.8. The van der Waals surface area contributed by atoms with Crippen LogP contribution in [0.2, 0.25) is 5.02 Å². The molecule has 27 heavy (non-hydrogen) atoms. The van der Waals surface area contributed by atoms with Gasteiger partial charge < -0.3 is 10.6 Å². The summed E-state index contributed by atoms with van der Waals surface area (Å²) in [4.78, 5) is 38.4. The molecule has 3 rings (SSSR count). The Hall–Kier alpha value is -2.93. The number of urea groups is 1. The highest BCUT2D eigenvalue weighted by molar-refractivity contribution is 6.30. The predicted molar refractivity (Wildman–Crippen MR) is 98.7 cm³/mol. The minimum atomic E-state index is -1.22. The van der Waals surface area contributed by atoms with Crippen molar-refractivity contribution in [2.45, 2.75) is 18.9 Å². The Morgan fingerprint density at radius 2 is 1.93 bits per heavy atom. The average Bonchev–Trinajstić information content (AvgIpc) is 2.90. The van der Waals surface area contributed by atoms with Crippen molar-refractivity contribution in [3.8, 4) is 0 Å². The van der Waals surface area contributed by atoms with Crippen molar-refractivity contribution in [1.29, 1.82) is 0 Å². The van der Waals surface area contributed by atoms with Gasteiger partial charge in [-0.1, -0.05) is 48.9 Å². The predicted octanol–water partition coefficient (Wildman–Crippen LogP) is 3.27. The number of hydrogen-bond acceptors (Lipinski definition) is 3. The second-order valence-electron chi connectivity index (χ2n) is 6.12. The molecule has 0 aliphatic carbocycles. The lowest BCUT2D eigenvalue weighted by Gasteiger charge is -2.25. The molecule has 2 aromatic rings. The van der Waals surface area contributed by atoms with Gasteiger partial charge in [0.25, 0.3) is 5.91 Å². The van der Waals surface area contributed by atoms with Crippen molar-refractivity contribution in [3.63, 3.8) is 0 Å². The molecule has 2 N–H and O–H groups in total. The van der Waals surface area contributed by atoms with E-state index in [1.54, 1.807) is 37.3 Å². The molecule has 6 nitrogen and oxygen atoms in total. The molecular formula is C19H17ClFN3O3. The average molecular weight is 390 g/mol. The van der Waals surface area contributed by atoms with Gasteiger partial charge >= 0.3 is 6.03 Å². The molecule has 1 saturated heterocycles. The number of imide groups is 1. The van der Waals surface area contributed by atoms with Gasteiger partial charge in [-0.25, -0.2) is 9.18 Å². The van der Waals surface area contributed by atoms with E-state index in [1.165, 1.54) is 12.1 Å². The van der Waals surface area contributed by atoms with E-state index in [9.17, 15) is 18.8 Å². The summed E-state index contributed by atoms with van der Waals surface area (Å²) >= 11 is 5.68. The van der Waals surface area contributed by atoms with E-state index in [0.717, 1.165) is 11.0 Å². The van der Waals surface area contributed by atoms with Crippen LogP contribution in [0.5, 0.6) is 0 Å². The maximum Gasteiger partial charge on any atom is 0.325 e. The van der Waals surface area contributed by atoms with E-state index in [1.807, 2.05) is 0 Å². The van der Waals surface area contributed by atoms with Crippen molar-refractivity contribution in [2.24, 2.45) is 0 Å². The Kier molecular flexibility index (Phi) is 5.14. The molecule has 0 radical (unpaired) electrons. The van der Waals surface area contributed by atoms with Gasteiger partial charge in [0.05, 0.1) is 5.69 Å². The number of rotatable bonds is 5. The standard InChI is InChI=1S/C19H17ClFN3O3/c1-2-19(12-6-4-3-5-7-12)17(26)24(18(27)23-19)11-16(25)22-15-9-8-13(20)10-14(15)21/h3-10H,2,11H2,1H3,(H,22,25)(H,23,27)/t19-/m0/s1. The molecular weight excluding hydrogens is 373 g/mol. The first-order chi connectivity index (χ1) is 12.9. The Balaban J connectivity index is 1.78. The van der Waals surface area contributed by atoms with Gasteiger partial charge in [0, 0.05) is 5.02 Å². The van der Waals surface area contributed by atoms with E-state index < -0.39 is 35.7 Å². The molecule has 0 saturated carbocycles. The van der Waals surface area contributed by atoms with Crippen LogP contribution in [0.4, 0.5) is 14.9 Å².